The standard InChI is InChI=1S/C22H14ClIN2O/c23-19-7-3-1-6-17(19)21-13-18(16-5-2-4-8-20(16)26-21)22(27)25-15-11-9-14(24)10-12-15/h1-13H,(H,25,27). The number of hydrogen-bond donors (Lipinski definition) is 1. The van der Waals surface area contributed by atoms with Gasteiger partial charge in [0.15, 0.2) is 0 Å². The lowest BCUT2D eigenvalue weighted by Crippen LogP contribution is -2.13. The lowest BCUT2D eigenvalue weighted by molar-refractivity contribution is 0.102. The van der Waals surface area contributed by atoms with Crippen molar-refractivity contribution >= 4 is 56.7 Å². The van der Waals surface area contributed by atoms with Gasteiger partial charge < -0.3 is 5.32 Å². The van der Waals surface area contributed by atoms with E-state index in [-0.39, 0.29) is 5.91 Å². The highest BCUT2D eigenvalue weighted by Gasteiger charge is 2.15. The Kier molecular flexibility index (Phi) is 5.09. The molecule has 132 valence electrons. The molecule has 0 fully saturated rings. The van der Waals surface area contributed by atoms with Crippen molar-refractivity contribution < 1.29 is 4.79 Å². The van der Waals surface area contributed by atoms with Crippen molar-refractivity contribution in [3.05, 3.63) is 93.0 Å². The molecule has 0 aliphatic heterocycles. The van der Waals surface area contributed by atoms with Crippen molar-refractivity contribution in [2.24, 2.45) is 0 Å². The summed E-state index contributed by atoms with van der Waals surface area (Å²) in [5, 5.41) is 4.37. The van der Waals surface area contributed by atoms with Crippen LogP contribution in [0.3, 0.4) is 0 Å². The first-order valence-electron chi connectivity index (χ1n) is 8.33. The quantitative estimate of drug-likeness (QED) is 0.341. The van der Waals surface area contributed by atoms with Crippen LogP contribution in [0.2, 0.25) is 5.02 Å². The summed E-state index contributed by atoms with van der Waals surface area (Å²) in [5.41, 5.74) is 3.54. The third-order valence-corrected chi connectivity index (χ3v) is 5.26. The third-order valence-electron chi connectivity index (χ3n) is 4.21. The number of hydrogen-bond acceptors (Lipinski definition) is 2. The average molecular weight is 485 g/mol. The van der Waals surface area contributed by atoms with E-state index >= 15 is 0 Å². The van der Waals surface area contributed by atoms with E-state index in [9.17, 15) is 4.79 Å². The zero-order chi connectivity index (χ0) is 18.8. The van der Waals surface area contributed by atoms with Gasteiger partial charge in [0.25, 0.3) is 5.91 Å². The number of benzene rings is 3. The fourth-order valence-electron chi connectivity index (χ4n) is 2.90. The van der Waals surface area contributed by atoms with Gasteiger partial charge in [0.05, 0.1) is 16.8 Å². The topological polar surface area (TPSA) is 42.0 Å². The van der Waals surface area contributed by atoms with Crippen LogP contribution in [0.1, 0.15) is 10.4 Å². The lowest BCUT2D eigenvalue weighted by Gasteiger charge is -2.11. The molecular weight excluding hydrogens is 471 g/mol. The molecule has 1 aromatic heterocycles. The van der Waals surface area contributed by atoms with Gasteiger partial charge >= 0.3 is 0 Å². The molecule has 0 saturated carbocycles. The van der Waals surface area contributed by atoms with Gasteiger partial charge in [0, 0.05) is 25.2 Å². The molecule has 0 radical (unpaired) electrons. The Morgan fingerprint density at radius 1 is 0.926 bits per heavy atom. The van der Waals surface area contributed by atoms with Gasteiger partial charge in [-0.05, 0) is 65.1 Å². The molecule has 0 aliphatic carbocycles. The van der Waals surface area contributed by atoms with Crippen LogP contribution in [0.15, 0.2) is 78.9 Å². The van der Waals surface area contributed by atoms with Crippen LogP contribution < -0.4 is 5.32 Å². The van der Waals surface area contributed by atoms with Crippen molar-refractivity contribution in [2.75, 3.05) is 5.32 Å². The molecule has 3 nitrogen and oxygen atoms in total. The summed E-state index contributed by atoms with van der Waals surface area (Å²) in [7, 11) is 0. The second kappa shape index (κ2) is 7.66. The highest BCUT2D eigenvalue weighted by Crippen LogP contribution is 2.30. The Labute approximate surface area is 175 Å². The number of aromatic nitrogens is 1. The predicted molar refractivity (Wildman–Crippen MR) is 119 cm³/mol. The Balaban J connectivity index is 1.82. The van der Waals surface area contributed by atoms with E-state index in [1.165, 1.54) is 0 Å². The second-order valence-electron chi connectivity index (χ2n) is 6.01. The third kappa shape index (κ3) is 3.82. The van der Waals surface area contributed by atoms with E-state index in [4.69, 9.17) is 16.6 Å². The zero-order valence-corrected chi connectivity index (χ0v) is 17.0. The van der Waals surface area contributed by atoms with Crippen molar-refractivity contribution in [2.45, 2.75) is 0 Å². The SMILES string of the molecule is O=C(Nc1ccc(I)cc1)c1cc(-c2ccccc2Cl)nc2ccccc12. The van der Waals surface area contributed by atoms with E-state index < -0.39 is 0 Å². The number of fused-ring (bicyclic) bond motifs is 1. The Morgan fingerprint density at radius 3 is 2.41 bits per heavy atom. The number of nitrogens with one attached hydrogen (secondary N) is 1. The first-order valence-corrected chi connectivity index (χ1v) is 9.79. The number of carbonyl (C=O) groups is 1. The van der Waals surface area contributed by atoms with Crippen LogP contribution in [0.4, 0.5) is 5.69 Å². The number of pyridine rings is 1. The van der Waals surface area contributed by atoms with Crippen LogP contribution in [0.5, 0.6) is 0 Å². The summed E-state index contributed by atoms with van der Waals surface area (Å²) >= 11 is 8.58. The van der Waals surface area contributed by atoms with Gasteiger partial charge in [-0.25, -0.2) is 4.98 Å². The van der Waals surface area contributed by atoms with Crippen LogP contribution in [-0.4, -0.2) is 10.9 Å². The van der Waals surface area contributed by atoms with Gasteiger partial charge in [-0.1, -0.05) is 48.0 Å². The predicted octanol–water partition coefficient (Wildman–Crippen LogP) is 6.41. The molecule has 0 aliphatic rings. The van der Waals surface area contributed by atoms with Crippen LogP contribution in [0, 0.1) is 3.57 Å². The van der Waals surface area contributed by atoms with E-state index in [2.05, 4.69) is 27.9 Å². The molecule has 3 aromatic carbocycles. The van der Waals surface area contributed by atoms with Gasteiger partial charge in [-0.2, -0.15) is 0 Å². The van der Waals surface area contributed by atoms with Crippen molar-refractivity contribution in [1.29, 1.82) is 0 Å². The number of halogens is 2. The molecule has 4 aromatic rings. The number of rotatable bonds is 3. The smallest absolute Gasteiger partial charge is 0.256 e. The summed E-state index contributed by atoms with van der Waals surface area (Å²) < 4.78 is 1.11. The number of carbonyl (C=O) groups excluding carboxylic acids is 1. The van der Waals surface area contributed by atoms with Crippen LogP contribution in [0.25, 0.3) is 22.2 Å². The van der Waals surface area contributed by atoms with E-state index in [1.54, 1.807) is 6.07 Å². The van der Waals surface area contributed by atoms with Gasteiger partial charge in [0.1, 0.15) is 0 Å². The average Bonchev–Trinajstić information content (AvgIpc) is 2.69. The fourth-order valence-corrected chi connectivity index (χ4v) is 3.49. The highest BCUT2D eigenvalue weighted by atomic mass is 127. The first-order chi connectivity index (χ1) is 13.1. The Hall–Kier alpha value is -2.44. The molecule has 0 saturated heterocycles. The minimum atomic E-state index is -0.178. The molecule has 0 atom stereocenters. The maximum atomic E-state index is 13.0. The molecule has 0 spiro atoms. The maximum absolute atomic E-state index is 13.0. The van der Waals surface area contributed by atoms with Crippen molar-refractivity contribution in [3.63, 3.8) is 0 Å². The lowest BCUT2D eigenvalue weighted by atomic mass is 10.0. The number of nitrogens with zero attached hydrogens (tertiary/aromatic N) is 1. The molecule has 1 amide bonds. The van der Waals surface area contributed by atoms with Gasteiger partial charge in [-0.15, -0.1) is 0 Å². The van der Waals surface area contributed by atoms with E-state index in [1.807, 2.05) is 72.8 Å². The van der Waals surface area contributed by atoms with Gasteiger partial charge in [-0.3, -0.25) is 4.79 Å². The first kappa shape index (κ1) is 17.9. The zero-order valence-electron chi connectivity index (χ0n) is 14.1. The largest absolute Gasteiger partial charge is 0.322 e. The second-order valence-corrected chi connectivity index (χ2v) is 7.67. The Bertz CT molecular complexity index is 1140. The summed E-state index contributed by atoms with van der Waals surface area (Å²) in [5.74, 6) is -0.178. The fraction of sp³-hybridized carbons (Fsp3) is 0. The Morgan fingerprint density at radius 2 is 1.63 bits per heavy atom. The molecule has 5 heteroatoms. The normalized spacial score (nSPS) is 10.7. The van der Waals surface area contributed by atoms with Crippen molar-refractivity contribution in [3.8, 4) is 11.3 Å². The molecule has 27 heavy (non-hydrogen) atoms. The molecule has 4 rings (SSSR count). The minimum absolute atomic E-state index is 0.178. The van der Waals surface area contributed by atoms with Crippen LogP contribution in [-0.2, 0) is 0 Å². The van der Waals surface area contributed by atoms with Crippen LogP contribution >= 0.6 is 34.2 Å². The molecule has 0 bridgehead atoms. The summed E-state index contributed by atoms with van der Waals surface area (Å²) in [4.78, 5) is 17.7. The molecular formula is C22H14ClIN2O. The highest BCUT2D eigenvalue weighted by molar-refractivity contribution is 14.1. The molecule has 0 unspecified atom stereocenters. The summed E-state index contributed by atoms with van der Waals surface area (Å²) in [6, 6.07) is 24.6. The van der Waals surface area contributed by atoms with Crippen molar-refractivity contribution in [1.82, 2.24) is 4.98 Å². The van der Waals surface area contributed by atoms with E-state index in [0.717, 1.165) is 25.7 Å². The summed E-state index contributed by atoms with van der Waals surface area (Å²) in [6.45, 7) is 0. The minimum Gasteiger partial charge on any atom is -0.322 e. The summed E-state index contributed by atoms with van der Waals surface area (Å²) in [6.07, 6.45) is 0. The van der Waals surface area contributed by atoms with Gasteiger partial charge in [0.2, 0.25) is 0 Å². The number of anilines is 1. The molecule has 1 heterocycles. The number of para-hydroxylation sites is 1. The number of amides is 1. The monoisotopic (exact) mass is 484 g/mol. The maximum Gasteiger partial charge on any atom is 0.256 e. The van der Waals surface area contributed by atoms with E-state index in [0.29, 0.717) is 16.3 Å². The molecule has 1 N–H and O–H groups in total.